The molecule has 4 unspecified atom stereocenters. The zero-order valence-corrected chi connectivity index (χ0v) is 12.9. The first-order chi connectivity index (χ1) is 17.6. The summed E-state index contributed by atoms with van der Waals surface area (Å²) < 4.78 is 155. The van der Waals surface area contributed by atoms with Crippen molar-refractivity contribution in [2.24, 2.45) is 11.8 Å². The molecule has 4 nitrogen and oxygen atoms in total. The normalized spacial score (nSPS) is 58.2. The average Bonchev–Trinajstić information content (AvgIpc) is 2.79. The van der Waals surface area contributed by atoms with Crippen molar-refractivity contribution in [1.29, 1.82) is 0 Å². The smallest absolute Gasteiger partial charge is 0.161 e. The zero-order valence-electron chi connectivity index (χ0n) is 29.9. The number of piperidine rings is 1. The van der Waals surface area contributed by atoms with Crippen molar-refractivity contribution in [3.05, 3.63) is 23.2 Å². The van der Waals surface area contributed by atoms with E-state index >= 15 is 0 Å². The van der Waals surface area contributed by atoms with Gasteiger partial charge in [-0.05, 0) is 54.1 Å². The number of hydrogen-bond donors (Lipinski definition) is 1. The van der Waals surface area contributed by atoms with E-state index in [9.17, 15) is 6.48 Å². The van der Waals surface area contributed by atoms with Crippen LogP contribution in [0.25, 0.3) is 0 Å². The molecule has 2 heterocycles. The summed E-state index contributed by atoms with van der Waals surface area (Å²) in [4.78, 5) is 0.00909. The van der Waals surface area contributed by atoms with Gasteiger partial charge in [0, 0.05) is 36.9 Å². The number of hydrogen-bond acceptors (Lipinski definition) is 4. The summed E-state index contributed by atoms with van der Waals surface area (Å²) in [7, 11) is 2.07. The van der Waals surface area contributed by atoms with E-state index < -0.39 is 97.6 Å². The van der Waals surface area contributed by atoms with Gasteiger partial charge in [-0.1, -0.05) is 13.8 Å². The van der Waals surface area contributed by atoms with Crippen molar-refractivity contribution in [2.75, 3.05) is 27.3 Å². The Kier molecular flexibility index (Phi) is 1.64. The summed E-state index contributed by atoms with van der Waals surface area (Å²) in [6.07, 6.45) is -15.4. The van der Waals surface area contributed by atoms with Crippen molar-refractivity contribution >= 4 is 0 Å². The molecule has 128 valence electrons. The molecule has 0 radical (unpaired) electrons. The number of methoxy groups -OCH3 is 2. The maximum atomic E-state index is 11.4. The molecule has 0 aromatic heterocycles. The fraction of sp³-hybridized carbons (Fsp3) is 0.684. The maximum absolute atomic E-state index is 11.4. The van der Waals surface area contributed by atoms with Gasteiger partial charge in [-0.3, -0.25) is 4.90 Å². The summed E-state index contributed by atoms with van der Waals surface area (Å²) in [5.41, 5.74) is -2.07. The minimum Gasteiger partial charge on any atom is -0.493 e. The topological polar surface area (TPSA) is 41.9 Å². The molecule has 4 atom stereocenters. The van der Waals surface area contributed by atoms with Crippen LogP contribution < -0.4 is 9.47 Å². The third kappa shape index (κ3) is 3.20. The minimum atomic E-state index is -4.13. The molecule has 23 heavy (non-hydrogen) atoms. The van der Waals surface area contributed by atoms with Gasteiger partial charge >= 0.3 is 0 Å². The molecular weight excluding hydrogens is 290 g/mol. The SMILES string of the molecule is [2H]c1c(OC)c(OC)c([2H])c2c1C([2H])([2H])C([2H])([2H])N1CC([2H])(C([2H])([2H])C([2H])(C)C([2H])([2H])[2H])C([2H])(O)C([2H])([2H])C21[2H]. The predicted octanol–water partition coefficient (Wildman–Crippen LogP) is 3.03. The third-order valence-corrected chi connectivity index (χ3v) is 3.34. The van der Waals surface area contributed by atoms with Crippen LogP contribution in [0.15, 0.2) is 12.1 Å². The molecular formula is C19H29NO3. The third-order valence-electron chi connectivity index (χ3n) is 3.34. The molecule has 1 N–H and O–H groups in total. The lowest BCUT2D eigenvalue weighted by Gasteiger charge is -2.46. The number of aliphatic hydroxyl groups is 1. The van der Waals surface area contributed by atoms with Gasteiger partial charge in [0.05, 0.1) is 25.8 Å². The number of ether oxygens (including phenoxy) is 2. The molecule has 0 aliphatic carbocycles. The highest BCUT2D eigenvalue weighted by molar-refractivity contribution is 5.49. The number of benzene rings is 1. The standard InChI is InChI=1S/C19H29NO3/c1-12(2)7-14-11-20-6-5-13-8-18(22-3)19(23-4)9-15(13)16(20)10-17(14)21/h8-9,12,14,16-17,21H,5-7,10-11H2,1-4H3/i1D3,5D2,6D2,7D2,8D,9D,10D2,12D,14D,16D,17D. The van der Waals surface area contributed by atoms with Gasteiger partial charge in [-0.25, -0.2) is 0 Å². The van der Waals surface area contributed by atoms with Gasteiger partial charge in [0.15, 0.2) is 11.5 Å². The molecule has 0 spiro atoms. The Hall–Kier alpha value is -1.26. The van der Waals surface area contributed by atoms with E-state index in [1.165, 1.54) is 0 Å². The van der Waals surface area contributed by atoms with Crippen LogP contribution in [0.4, 0.5) is 0 Å². The highest BCUT2D eigenvalue weighted by Gasteiger charge is 2.38. The maximum Gasteiger partial charge on any atom is 0.161 e. The van der Waals surface area contributed by atoms with E-state index in [2.05, 4.69) is 0 Å². The Morgan fingerprint density at radius 3 is 3.00 bits per heavy atom. The quantitative estimate of drug-likeness (QED) is 0.918. The van der Waals surface area contributed by atoms with Gasteiger partial charge in [0.25, 0.3) is 0 Å². The molecule has 3 rings (SSSR count). The van der Waals surface area contributed by atoms with E-state index in [1.54, 1.807) is 0 Å². The van der Waals surface area contributed by atoms with Crippen LogP contribution in [0.2, 0.25) is 0 Å². The van der Waals surface area contributed by atoms with Crippen LogP contribution >= 0.6 is 0 Å². The fourth-order valence-corrected chi connectivity index (χ4v) is 2.33. The van der Waals surface area contributed by atoms with Crippen LogP contribution in [0, 0.1) is 11.8 Å². The average molecular weight is 337 g/mol. The van der Waals surface area contributed by atoms with Gasteiger partial charge in [0.2, 0.25) is 0 Å². The molecule has 2 aliphatic rings. The Bertz CT molecular complexity index is 1230. The lowest BCUT2D eigenvalue weighted by atomic mass is 9.79. The van der Waals surface area contributed by atoms with Crippen molar-refractivity contribution in [1.82, 2.24) is 4.90 Å². The molecule has 0 amide bonds. The van der Waals surface area contributed by atoms with E-state index in [-0.39, 0.29) is 4.90 Å². The van der Waals surface area contributed by atoms with Crippen molar-refractivity contribution < 1.29 is 37.9 Å². The summed E-state index contributed by atoms with van der Waals surface area (Å²) in [5, 5.41) is 11.4. The highest BCUT2D eigenvalue weighted by Crippen LogP contribution is 2.43. The lowest BCUT2D eigenvalue weighted by molar-refractivity contribution is -0.0191. The Morgan fingerprint density at radius 1 is 1.57 bits per heavy atom. The van der Waals surface area contributed by atoms with Gasteiger partial charge in [0.1, 0.15) is 0 Å². The predicted molar refractivity (Wildman–Crippen MR) is 91.1 cm³/mol. The second kappa shape index (κ2) is 6.70. The van der Waals surface area contributed by atoms with E-state index in [0.29, 0.717) is 6.92 Å². The monoisotopic (exact) mass is 336 g/mol. The van der Waals surface area contributed by atoms with Crippen LogP contribution in [0.5, 0.6) is 11.5 Å². The second-order valence-corrected chi connectivity index (χ2v) is 4.94. The van der Waals surface area contributed by atoms with E-state index in [1.807, 2.05) is 0 Å². The van der Waals surface area contributed by atoms with Crippen molar-refractivity contribution in [3.63, 3.8) is 0 Å². The van der Waals surface area contributed by atoms with Crippen LogP contribution in [-0.4, -0.2) is 43.3 Å². The van der Waals surface area contributed by atoms with Crippen LogP contribution in [-0.2, 0) is 6.37 Å². The molecule has 1 saturated heterocycles. The van der Waals surface area contributed by atoms with Crippen molar-refractivity contribution in [2.45, 2.75) is 45.0 Å². The molecule has 4 heteroatoms. The van der Waals surface area contributed by atoms with Crippen LogP contribution in [0.3, 0.4) is 0 Å². The summed E-state index contributed by atoms with van der Waals surface area (Å²) in [6.45, 7) is -8.26. The van der Waals surface area contributed by atoms with Crippen molar-refractivity contribution in [3.8, 4) is 11.5 Å². The highest BCUT2D eigenvalue weighted by atomic mass is 16.5. The number of rotatable bonds is 4. The Labute approximate surface area is 163 Å². The summed E-state index contributed by atoms with van der Waals surface area (Å²) in [6, 6.07) is -5.38. The minimum absolute atomic E-state index is 0.00909. The Balaban J connectivity index is 2.58. The van der Waals surface area contributed by atoms with Gasteiger partial charge < -0.3 is 14.6 Å². The van der Waals surface area contributed by atoms with E-state index in [4.69, 9.17) is 31.4 Å². The van der Waals surface area contributed by atoms with E-state index in [0.717, 1.165) is 14.2 Å². The molecule has 0 bridgehead atoms. The first-order valence-electron chi connectivity index (χ1n) is 15.3. The number of fused-ring (bicyclic) bond motifs is 3. The first kappa shape index (κ1) is 5.63. The fourth-order valence-electron chi connectivity index (χ4n) is 2.33. The zero-order chi connectivity index (χ0) is 31.7. The molecule has 2 aliphatic heterocycles. The van der Waals surface area contributed by atoms with Crippen LogP contribution in [0.1, 0.15) is 67.0 Å². The lowest BCUT2D eigenvalue weighted by Crippen LogP contribution is -2.48. The summed E-state index contributed by atoms with van der Waals surface area (Å²) >= 11 is 0. The first-order valence-corrected chi connectivity index (χ1v) is 6.82. The molecule has 1 fully saturated rings. The Morgan fingerprint density at radius 2 is 2.30 bits per heavy atom. The van der Waals surface area contributed by atoms with Gasteiger partial charge in [-0.2, -0.15) is 0 Å². The van der Waals surface area contributed by atoms with Gasteiger partial charge in [-0.15, -0.1) is 0 Å². The largest absolute Gasteiger partial charge is 0.493 e. The molecule has 0 saturated carbocycles. The molecule has 1 aromatic carbocycles. The summed E-state index contributed by atoms with van der Waals surface area (Å²) in [5.74, 6) is -8.18. The second-order valence-electron chi connectivity index (χ2n) is 4.94. The molecule has 1 aromatic rings. The number of nitrogens with zero attached hydrogens (tertiary/aromatic N) is 1.